The Balaban J connectivity index is 1.33. The number of hydrogen-bond donors (Lipinski definition) is 0. The van der Waals surface area contributed by atoms with Crippen molar-refractivity contribution in [3.63, 3.8) is 0 Å². The largest absolute Gasteiger partial charge is 0.361 e. The van der Waals surface area contributed by atoms with E-state index in [1.165, 1.54) is 39.1 Å². The van der Waals surface area contributed by atoms with E-state index < -0.39 is 0 Å². The van der Waals surface area contributed by atoms with Crippen LogP contribution in [0.15, 0.2) is 134 Å². The highest BCUT2D eigenvalue weighted by atomic mass is 15.3. The molecular weight excluding hydrogens is 553 g/mol. The lowest BCUT2D eigenvalue weighted by atomic mass is 9.33. The lowest BCUT2D eigenvalue weighted by Gasteiger charge is -2.44. The van der Waals surface area contributed by atoms with E-state index in [0.29, 0.717) is 0 Å². The summed E-state index contributed by atoms with van der Waals surface area (Å²) in [4.78, 5) is 18.7. The molecule has 1 aromatic heterocycles. The molecule has 4 aromatic carbocycles. The molecule has 0 saturated carbocycles. The summed E-state index contributed by atoms with van der Waals surface area (Å²) in [6.07, 6.45) is 12.7. The third-order valence-electron chi connectivity index (χ3n) is 9.29. The highest BCUT2D eigenvalue weighted by Crippen LogP contribution is 2.44. The summed E-state index contributed by atoms with van der Waals surface area (Å²) in [5.74, 6) is 0. The topological polar surface area (TPSA) is 32.3 Å². The molecule has 0 bridgehead atoms. The standard InChI is InChI=1S/C37H32BN7/c1-40-17-19-42(25-40)29-13-15-33-31(21-29)38-32-22-30(43-20-18-41(2)26-43)14-16-34(32)45(28-11-7-4-8-12-28)36-24-39-23-35(37(36)38)44(33)27-9-5-3-6-10-27/h3-24H,25-26H2,1-2H3. The fourth-order valence-corrected chi connectivity index (χ4v) is 7.25. The van der Waals surface area contributed by atoms with Gasteiger partial charge in [0.1, 0.15) is 0 Å². The average molecular weight is 586 g/mol. The van der Waals surface area contributed by atoms with E-state index in [1.807, 2.05) is 12.4 Å². The van der Waals surface area contributed by atoms with Crippen molar-refractivity contribution >= 4 is 68.6 Å². The van der Waals surface area contributed by atoms with Gasteiger partial charge in [-0.25, -0.2) is 0 Å². The molecule has 0 radical (unpaired) electrons. The van der Waals surface area contributed by atoms with E-state index in [4.69, 9.17) is 4.98 Å². The van der Waals surface area contributed by atoms with E-state index in [0.717, 1.165) is 36.1 Å². The van der Waals surface area contributed by atoms with Gasteiger partial charge >= 0.3 is 0 Å². The molecule has 7 nitrogen and oxygen atoms in total. The number of rotatable bonds is 4. The number of benzene rings is 4. The molecule has 0 amide bonds. The van der Waals surface area contributed by atoms with Gasteiger partial charge in [0.05, 0.1) is 37.1 Å². The summed E-state index contributed by atoms with van der Waals surface area (Å²) in [5.41, 5.74) is 13.1. The minimum absolute atomic E-state index is 0.0245. The summed E-state index contributed by atoms with van der Waals surface area (Å²) < 4.78 is 0. The molecule has 4 aliphatic heterocycles. The zero-order valence-electron chi connectivity index (χ0n) is 25.3. The third kappa shape index (κ3) is 4.02. The van der Waals surface area contributed by atoms with Gasteiger partial charge in [-0.15, -0.1) is 0 Å². The second-order valence-corrected chi connectivity index (χ2v) is 12.2. The molecule has 0 fully saturated rings. The van der Waals surface area contributed by atoms with Gasteiger partial charge in [-0.1, -0.05) is 36.4 Å². The zero-order chi connectivity index (χ0) is 30.1. The minimum atomic E-state index is 0.0245. The Morgan fingerprint density at radius 2 is 0.978 bits per heavy atom. The van der Waals surface area contributed by atoms with E-state index >= 15 is 0 Å². The maximum atomic E-state index is 4.88. The number of aromatic nitrogens is 1. The molecule has 0 N–H and O–H groups in total. The summed E-state index contributed by atoms with van der Waals surface area (Å²) in [6, 6.07) is 35.3. The lowest BCUT2D eigenvalue weighted by molar-refractivity contribution is 0.496. The van der Waals surface area contributed by atoms with Crippen LogP contribution in [0.25, 0.3) is 0 Å². The second kappa shape index (κ2) is 9.96. The van der Waals surface area contributed by atoms with Gasteiger partial charge in [0.15, 0.2) is 0 Å². The van der Waals surface area contributed by atoms with Crippen LogP contribution in [-0.4, -0.2) is 48.9 Å². The summed E-state index contributed by atoms with van der Waals surface area (Å²) in [6.45, 7) is 1.68. The van der Waals surface area contributed by atoms with Gasteiger partial charge in [0.25, 0.3) is 6.71 Å². The Morgan fingerprint density at radius 1 is 0.511 bits per heavy atom. The van der Waals surface area contributed by atoms with Crippen LogP contribution in [0.1, 0.15) is 0 Å². The van der Waals surface area contributed by atoms with Crippen molar-refractivity contribution in [1.82, 2.24) is 14.8 Å². The average Bonchev–Trinajstić information content (AvgIpc) is 3.73. The van der Waals surface area contributed by atoms with Crippen molar-refractivity contribution in [3.05, 3.63) is 134 Å². The van der Waals surface area contributed by atoms with Gasteiger partial charge in [-0.2, -0.15) is 0 Å². The number of nitrogens with zero attached hydrogens (tertiary/aromatic N) is 7. The molecular formula is C37H32BN7. The van der Waals surface area contributed by atoms with E-state index in [2.05, 4.69) is 165 Å². The predicted molar refractivity (Wildman–Crippen MR) is 187 cm³/mol. The van der Waals surface area contributed by atoms with Crippen LogP contribution < -0.4 is 36.0 Å². The van der Waals surface area contributed by atoms with Crippen LogP contribution in [0.5, 0.6) is 0 Å². The van der Waals surface area contributed by atoms with Gasteiger partial charge in [0, 0.05) is 73.0 Å². The van der Waals surface area contributed by atoms with Gasteiger partial charge in [-0.05, 0) is 77.1 Å². The molecule has 0 aliphatic carbocycles. The van der Waals surface area contributed by atoms with Crippen molar-refractivity contribution in [2.45, 2.75) is 0 Å². The second-order valence-electron chi connectivity index (χ2n) is 12.2. The number of anilines is 8. The molecule has 45 heavy (non-hydrogen) atoms. The molecule has 5 aromatic rings. The Bertz CT molecular complexity index is 1850. The number of para-hydroxylation sites is 2. The van der Waals surface area contributed by atoms with Gasteiger partial charge in [0.2, 0.25) is 0 Å². The van der Waals surface area contributed by atoms with Gasteiger partial charge in [-0.3, -0.25) is 4.98 Å². The quantitative estimate of drug-likeness (QED) is 0.252. The minimum Gasteiger partial charge on any atom is -0.361 e. The molecule has 4 aliphatic rings. The number of pyridine rings is 1. The molecule has 218 valence electrons. The molecule has 0 saturated heterocycles. The normalized spacial score (nSPS) is 16.0. The van der Waals surface area contributed by atoms with Crippen LogP contribution in [0.4, 0.5) is 45.5 Å². The van der Waals surface area contributed by atoms with E-state index in [9.17, 15) is 0 Å². The van der Waals surface area contributed by atoms with Crippen molar-refractivity contribution in [3.8, 4) is 0 Å². The van der Waals surface area contributed by atoms with Gasteiger partial charge < -0.3 is 29.4 Å². The first-order chi connectivity index (χ1) is 22.1. The van der Waals surface area contributed by atoms with Crippen LogP contribution in [0, 0.1) is 0 Å². The predicted octanol–water partition coefficient (Wildman–Crippen LogP) is 5.53. The monoisotopic (exact) mass is 585 g/mol. The zero-order valence-corrected chi connectivity index (χ0v) is 25.3. The Morgan fingerprint density at radius 3 is 1.40 bits per heavy atom. The third-order valence-corrected chi connectivity index (χ3v) is 9.29. The van der Waals surface area contributed by atoms with Crippen LogP contribution in [0.2, 0.25) is 0 Å². The molecule has 0 spiro atoms. The van der Waals surface area contributed by atoms with Crippen LogP contribution in [0.3, 0.4) is 0 Å². The highest BCUT2D eigenvalue weighted by molar-refractivity contribution is 7.00. The highest BCUT2D eigenvalue weighted by Gasteiger charge is 2.44. The van der Waals surface area contributed by atoms with Crippen molar-refractivity contribution < 1.29 is 0 Å². The Hall–Kier alpha value is -5.63. The maximum absolute atomic E-state index is 4.88. The smallest absolute Gasteiger partial charge is 0.252 e. The SMILES string of the molecule is CN1C=CN(c2ccc3c(c2)B2c4cc(N5C=CN(C)C5)ccc4N(c4ccccc4)c4cncc(c42)N3c2ccccc2)C1. The molecule has 8 heteroatoms. The summed E-state index contributed by atoms with van der Waals surface area (Å²) in [7, 11) is 4.23. The Kier molecular flexibility index (Phi) is 5.72. The van der Waals surface area contributed by atoms with E-state index in [-0.39, 0.29) is 6.71 Å². The number of hydrogen-bond acceptors (Lipinski definition) is 7. The fourth-order valence-electron chi connectivity index (χ4n) is 7.25. The first-order valence-corrected chi connectivity index (χ1v) is 15.4. The summed E-state index contributed by atoms with van der Waals surface area (Å²) >= 11 is 0. The molecule has 0 atom stereocenters. The number of fused-ring (bicyclic) bond motifs is 4. The van der Waals surface area contributed by atoms with E-state index in [1.54, 1.807) is 0 Å². The fraction of sp³-hybridized carbons (Fsp3) is 0.108. The molecule has 0 unspecified atom stereocenters. The van der Waals surface area contributed by atoms with Crippen LogP contribution in [-0.2, 0) is 0 Å². The molecule has 9 rings (SSSR count). The summed E-state index contributed by atoms with van der Waals surface area (Å²) in [5, 5.41) is 0. The van der Waals surface area contributed by atoms with Crippen LogP contribution >= 0.6 is 0 Å². The lowest BCUT2D eigenvalue weighted by Crippen LogP contribution is -2.61. The first kappa shape index (κ1) is 25.8. The Labute approximate surface area is 264 Å². The van der Waals surface area contributed by atoms with Crippen molar-refractivity contribution in [1.29, 1.82) is 0 Å². The first-order valence-electron chi connectivity index (χ1n) is 15.4. The molecule has 5 heterocycles. The maximum Gasteiger partial charge on any atom is 0.252 e. The van der Waals surface area contributed by atoms with Crippen molar-refractivity contribution in [2.24, 2.45) is 0 Å². The van der Waals surface area contributed by atoms with Crippen molar-refractivity contribution in [2.75, 3.05) is 47.0 Å².